The summed E-state index contributed by atoms with van der Waals surface area (Å²) in [5.74, 6) is -0.837. The number of hydrogen-bond acceptors (Lipinski definition) is 2. The van der Waals surface area contributed by atoms with E-state index in [-0.39, 0.29) is 28.3 Å². The van der Waals surface area contributed by atoms with Gasteiger partial charge in [0.05, 0.1) is 4.47 Å². The molecule has 1 saturated heterocycles. The lowest BCUT2D eigenvalue weighted by molar-refractivity contribution is -0.126. The highest BCUT2D eigenvalue weighted by molar-refractivity contribution is 9.10. The SMILES string of the molecule is CCC1CN(Cc2c(F)ccc(Br)c2F)CCC1=O. The van der Waals surface area contributed by atoms with Crippen LogP contribution in [-0.2, 0) is 11.3 Å². The molecule has 1 heterocycles. The zero-order valence-corrected chi connectivity index (χ0v) is 12.3. The molecule has 0 saturated carbocycles. The molecule has 0 aliphatic carbocycles. The Labute approximate surface area is 119 Å². The van der Waals surface area contributed by atoms with Crippen LogP contribution in [-0.4, -0.2) is 23.8 Å². The normalized spacial score (nSPS) is 20.8. The lowest BCUT2D eigenvalue weighted by atomic mass is 9.94. The Hall–Kier alpha value is -0.810. The summed E-state index contributed by atoms with van der Waals surface area (Å²) < 4.78 is 27.8. The smallest absolute Gasteiger partial charge is 0.144 e. The van der Waals surface area contributed by atoms with Gasteiger partial charge in [-0.1, -0.05) is 6.92 Å². The number of rotatable bonds is 3. The molecule has 1 aliphatic heterocycles. The molecule has 2 nitrogen and oxygen atoms in total. The van der Waals surface area contributed by atoms with Crippen molar-refractivity contribution in [3.8, 4) is 0 Å². The molecule has 1 unspecified atom stereocenters. The highest BCUT2D eigenvalue weighted by Gasteiger charge is 2.27. The van der Waals surface area contributed by atoms with Crippen molar-refractivity contribution in [2.24, 2.45) is 5.92 Å². The van der Waals surface area contributed by atoms with Gasteiger partial charge in [-0.3, -0.25) is 9.69 Å². The van der Waals surface area contributed by atoms with Crippen LogP contribution in [0.4, 0.5) is 8.78 Å². The molecule has 0 spiro atoms. The summed E-state index contributed by atoms with van der Waals surface area (Å²) in [5.41, 5.74) is 0.0681. The van der Waals surface area contributed by atoms with Crippen LogP contribution < -0.4 is 0 Å². The van der Waals surface area contributed by atoms with E-state index in [0.29, 0.717) is 19.5 Å². The van der Waals surface area contributed by atoms with Gasteiger partial charge in [0.25, 0.3) is 0 Å². The van der Waals surface area contributed by atoms with Crippen LogP contribution in [0.2, 0.25) is 0 Å². The minimum Gasteiger partial charge on any atom is -0.299 e. The van der Waals surface area contributed by atoms with Crippen molar-refractivity contribution in [1.29, 1.82) is 0 Å². The molecule has 1 atom stereocenters. The van der Waals surface area contributed by atoms with E-state index in [1.807, 2.05) is 11.8 Å². The molecule has 0 N–H and O–H groups in total. The van der Waals surface area contributed by atoms with E-state index >= 15 is 0 Å². The third-order valence-corrected chi connectivity index (χ3v) is 4.23. The lowest BCUT2D eigenvalue weighted by Crippen LogP contribution is -2.40. The van der Waals surface area contributed by atoms with Crippen LogP contribution in [0.25, 0.3) is 0 Å². The molecule has 1 aromatic rings. The van der Waals surface area contributed by atoms with Crippen LogP contribution in [0.3, 0.4) is 0 Å². The molecule has 2 rings (SSSR count). The fraction of sp³-hybridized carbons (Fsp3) is 0.500. The predicted molar refractivity (Wildman–Crippen MR) is 72.7 cm³/mol. The van der Waals surface area contributed by atoms with E-state index in [9.17, 15) is 13.6 Å². The van der Waals surface area contributed by atoms with Crippen LogP contribution in [0, 0.1) is 17.6 Å². The molecule has 0 radical (unpaired) electrons. The number of carbonyl (C=O) groups is 1. The number of ketones is 1. The summed E-state index contributed by atoms with van der Waals surface area (Å²) in [7, 11) is 0. The van der Waals surface area contributed by atoms with E-state index in [1.165, 1.54) is 12.1 Å². The average Bonchev–Trinajstić information content (AvgIpc) is 2.41. The summed E-state index contributed by atoms with van der Waals surface area (Å²) in [5, 5.41) is 0. The van der Waals surface area contributed by atoms with Gasteiger partial charge >= 0.3 is 0 Å². The third kappa shape index (κ3) is 3.20. The van der Waals surface area contributed by atoms with Crippen LogP contribution >= 0.6 is 15.9 Å². The van der Waals surface area contributed by atoms with Crippen molar-refractivity contribution in [3.63, 3.8) is 0 Å². The van der Waals surface area contributed by atoms with Gasteiger partial charge in [-0.15, -0.1) is 0 Å². The number of carbonyl (C=O) groups excluding carboxylic acids is 1. The molecule has 0 amide bonds. The first-order valence-corrected chi connectivity index (χ1v) is 7.19. The Morgan fingerprint density at radius 3 is 2.84 bits per heavy atom. The van der Waals surface area contributed by atoms with E-state index in [1.54, 1.807) is 0 Å². The van der Waals surface area contributed by atoms with Crippen LogP contribution in [0.15, 0.2) is 16.6 Å². The first-order valence-electron chi connectivity index (χ1n) is 6.40. The molecule has 5 heteroatoms. The van der Waals surface area contributed by atoms with Crippen molar-refractivity contribution >= 4 is 21.7 Å². The number of likely N-dealkylation sites (tertiary alicyclic amines) is 1. The molecule has 0 aromatic heterocycles. The van der Waals surface area contributed by atoms with E-state index in [4.69, 9.17) is 0 Å². The van der Waals surface area contributed by atoms with Gasteiger partial charge < -0.3 is 0 Å². The molecule has 1 fully saturated rings. The van der Waals surface area contributed by atoms with Crippen molar-refractivity contribution in [2.75, 3.05) is 13.1 Å². The molecule has 1 aliphatic rings. The monoisotopic (exact) mass is 331 g/mol. The van der Waals surface area contributed by atoms with E-state index < -0.39 is 11.6 Å². The third-order valence-electron chi connectivity index (χ3n) is 3.62. The van der Waals surface area contributed by atoms with Crippen molar-refractivity contribution in [1.82, 2.24) is 4.90 Å². The highest BCUT2D eigenvalue weighted by Crippen LogP contribution is 2.25. The zero-order chi connectivity index (χ0) is 14.0. The molecule has 0 bridgehead atoms. The Morgan fingerprint density at radius 2 is 2.16 bits per heavy atom. The fourth-order valence-electron chi connectivity index (χ4n) is 2.42. The maximum Gasteiger partial charge on any atom is 0.144 e. The summed E-state index contributed by atoms with van der Waals surface area (Å²) in [6, 6.07) is 2.62. The second kappa shape index (κ2) is 6.09. The molecular formula is C14H16BrF2NO. The Bertz CT molecular complexity index is 493. The maximum atomic E-state index is 13.9. The van der Waals surface area contributed by atoms with Crippen molar-refractivity contribution < 1.29 is 13.6 Å². The zero-order valence-electron chi connectivity index (χ0n) is 10.8. The van der Waals surface area contributed by atoms with Gasteiger partial charge in [-0.25, -0.2) is 8.78 Å². The van der Waals surface area contributed by atoms with Crippen LogP contribution in [0.5, 0.6) is 0 Å². The number of benzene rings is 1. The Kier molecular flexibility index (Phi) is 4.68. The van der Waals surface area contributed by atoms with E-state index in [2.05, 4.69) is 15.9 Å². The minimum atomic E-state index is -0.551. The maximum absolute atomic E-state index is 13.9. The summed E-state index contributed by atoms with van der Waals surface area (Å²) in [6.07, 6.45) is 1.24. The number of nitrogens with zero attached hydrogens (tertiary/aromatic N) is 1. The topological polar surface area (TPSA) is 20.3 Å². The van der Waals surface area contributed by atoms with Gasteiger partial charge in [0.1, 0.15) is 17.4 Å². The number of halogens is 3. The second-order valence-electron chi connectivity index (χ2n) is 4.88. The largest absolute Gasteiger partial charge is 0.299 e. The Morgan fingerprint density at radius 1 is 1.42 bits per heavy atom. The number of Topliss-reactive ketones (excluding diaryl/α,β-unsaturated/α-hetero) is 1. The minimum absolute atomic E-state index is 0.00738. The standard InChI is InChI=1S/C14H16BrF2NO/c1-2-9-7-18(6-5-13(9)19)8-10-12(16)4-3-11(15)14(10)17/h3-4,9H,2,5-8H2,1H3. The number of hydrogen-bond donors (Lipinski definition) is 0. The van der Waals surface area contributed by atoms with Crippen LogP contribution in [0.1, 0.15) is 25.3 Å². The van der Waals surface area contributed by atoms with Crippen molar-refractivity contribution in [2.45, 2.75) is 26.3 Å². The van der Waals surface area contributed by atoms with Crippen molar-refractivity contribution in [3.05, 3.63) is 33.8 Å². The van der Waals surface area contributed by atoms with E-state index in [0.717, 1.165) is 6.42 Å². The Balaban J connectivity index is 2.14. The average molecular weight is 332 g/mol. The summed E-state index contributed by atoms with van der Waals surface area (Å²) in [6.45, 7) is 3.33. The second-order valence-corrected chi connectivity index (χ2v) is 5.73. The summed E-state index contributed by atoms with van der Waals surface area (Å²) in [4.78, 5) is 13.6. The molecule has 19 heavy (non-hydrogen) atoms. The number of piperidine rings is 1. The van der Waals surface area contributed by atoms with Gasteiger partial charge in [-0.05, 0) is 34.5 Å². The molecular weight excluding hydrogens is 316 g/mol. The summed E-state index contributed by atoms with van der Waals surface area (Å²) >= 11 is 3.07. The quantitative estimate of drug-likeness (QED) is 0.790. The first-order chi connectivity index (χ1) is 9.02. The van der Waals surface area contributed by atoms with Gasteiger partial charge in [0.15, 0.2) is 0 Å². The highest BCUT2D eigenvalue weighted by atomic mass is 79.9. The fourth-order valence-corrected chi connectivity index (χ4v) is 2.79. The molecule has 104 valence electrons. The lowest BCUT2D eigenvalue weighted by Gasteiger charge is -2.31. The first kappa shape index (κ1) is 14.6. The van der Waals surface area contributed by atoms with Gasteiger partial charge in [0, 0.05) is 37.5 Å². The molecule has 1 aromatic carbocycles. The van der Waals surface area contributed by atoms with Gasteiger partial charge in [-0.2, -0.15) is 0 Å². The predicted octanol–water partition coefficient (Wildman–Crippen LogP) is 3.53. The van der Waals surface area contributed by atoms with Gasteiger partial charge in [0.2, 0.25) is 0 Å².